The molecule has 2 aromatic rings. The van der Waals surface area contributed by atoms with Crippen molar-refractivity contribution in [1.82, 2.24) is 0 Å². The monoisotopic (exact) mass is 331 g/mol. The SMILES string of the molecule is CC(C)(C)[C@H]1COC(c2cccc3cccc(Br)c23)=N1. The summed E-state index contributed by atoms with van der Waals surface area (Å²) in [5, 5.41) is 2.37. The third-order valence-electron chi connectivity index (χ3n) is 3.73. The van der Waals surface area contributed by atoms with Crippen LogP contribution in [-0.2, 0) is 4.74 Å². The molecular weight excluding hydrogens is 314 g/mol. The third kappa shape index (κ3) is 2.35. The lowest BCUT2D eigenvalue weighted by atomic mass is 9.88. The molecule has 0 aromatic heterocycles. The minimum absolute atomic E-state index is 0.129. The number of benzene rings is 2. The number of rotatable bonds is 1. The summed E-state index contributed by atoms with van der Waals surface area (Å²) in [5.41, 5.74) is 1.20. The number of fused-ring (bicyclic) bond motifs is 1. The normalized spacial score (nSPS) is 19.0. The van der Waals surface area contributed by atoms with Crippen molar-refractivity contribution >= 4 is 32.6 Å². The predicted molar refractivity (Wildman–Crippen MR) is 87.4 cm³/mol. The molecule has 0 saturated heterocycles. The molecule has 3 rings (SSSR count). The van der Waals surface area contributed by atoms with Crippen LogP contribution < -0.4 is 0 Å². The third-order valence-corrected chi connectivity index (χ3v) is 4.40. The molecule has 0 saturated carbocycles. The summed E-state index contributed by atoms with van der Waals surface area (Å²) in [4.78, 5) is 4.79. The summed E-state index contributed by atoms with van der Waals surface area (Å²) < 4.78 is 6.95. The molecule has 0 amide bonds. The highest BCUT2D eigenvalue weighted by Gasteiger charge is 2.31. The van der Waals surface area contributed by atoms with Crippen molar-refractivity contribution in [2.45, 2.75) is 26.8 Å². The molecule has 2 nitrogen and oxygen atoms in total. The quantitative estimate of drug-likeness (QED) is 0.735. The minimum Gasteiger partial charge on any atom is -0.475 e. The molecule has 0 spiro atoms. The first-order chi connectivity index (χ1) is 9.47. The van der Waals surface area contributed by atoms with Gasteiger partial charge in [-0.15, -0.1) is 0 Å². The smallest absolute Gasteiger partial charge is 0.217 e. The second kappa shape index (κ2) is 4.88. The summed E-state index contributed by atoms with van der Waals surface area (Å²) in [6.07, 6.45) is 0. The Morgan fingerprint density at radius 1 is 1.15 bits per heavy atom. The van der Waals surface area contributed by atoms with Gasteiger partial charge in [-0.05, 0) is 22.9 Å². The lowest BCUT2D eigenvalue weighted by Gasteiger charge is -2.21. The van der Waals surface area contributed by atoms with Gasteiger partial charge in [0.15, 0.2) is 0 Å². The molecule has 0 fully saturated rings. The Morgan fingerprint density at radius 3 is 2.50 bits per heavy atom. The van der Waals surface area contributed by atoms with Gasteiger partial charge in [0.2, 0.25) is 5.90 Å². The van der Waals surface area contributed by atoms with Crippen molar-refractivity contribution in [1.29, 1.82) is 0 Å². The molecule has 1 aliphatic rings. The fraction of sp³-hybridized carbons (Fsp3) is 0.353. The zero-order chi connectivity index (χ0) is 14.3. The maximum Gasteiger partial charge on any atom is 0.217 e. The Bertz CT molecular complexity index is 680. The molecular formula is C17H18BrNO. The first-order valence-electron chi connectivity index (χ1n) is 6.85. The summed E-state index contributed by atoms with van der Waals surface area (Å²) in [6, 6.07) is 12.7. The van der Waals surface area contributed by atoms with Crippen LogP contribution in [0.25, 0.3) is 10.8 Å². The lowest BCUT2D eigenvalue weighted by Crippen LogP contribution is -2.25. The molecule has 0 aliphatic carbocycles. The molecule has 0 radical (unpaired) electrons. The Morgan fingerprint density at radius 2 is 1.85 bits per heavy atom. The molecule has 2 aromatic carbocycles. The summed E-state index contributed by atoms with van der Waals surface area (Å²) in [7, 11) is 0. The van der Waals surface area contributed by atoms with Crippen LogP contribution in [0.1, 0.15) is 26.3 Å². The van der Waals surface area contributed by atoms with E-state index in [0.29, 0.717) is 6.61 Å². The summed E-state index contributed by atoms with van der Waals surface area (Å²) in [5.74, 6) is 0.766. The fourth-order valence-corrected chi connectivity index (χ4v) is 3.03. The van der Waals surface area contributed by atoms with Crippen LogP contribution in [-0.4, -0.2) is 18.5 Å². The van der Waals surface area contributed by atoms with Crippen LogP contribution in [0.5, 0.6) is 0 Å². The van der Waals surface area contributed by atoms with Crippen molar-refractivity contribution in [2.24, 2.45) is 10.4 Å². The van der Waals surface area contributed by atoms with Gasteiger partial charge in [0.25, 0.3) is 0 Å². The van der Waals surface area contributed by atoms with E-state index in [0.717, 1.165) is 15.9 Å². The fourth-order valence-electron chi connectivity index (χ4n) is 2.44. The molecule has 0 bridgehead atoms. The van der Waals surface area contributed by atoms with E-state index in [2.05, 4.69) is 67.0 Å². The molecule has 104 valence electrons. The van der Waals surface area contributed by atoms with Crippen molar-refractivity contribution in [2.75, 3.05) is 6.61 Å². The van der Waals surface area contributed by atoms with E-state index >= 15 is 0 Å². The van der Waals surface area contributed by atoms with Gasteiger partial charge in [-0.1, -0.05) is 61.0 Å². The van der Waals surface area contributed by atoms with E-state index in [1.54, 1.807) is 0 Å². The second-order valence-corrected chi connectivity index (χ2v) is 7.12. The number of halogens is 1. The molecule has 1 heterocycles. The van der Waals surface area contributed by atoms with Crippen LogP contribution in [0.2, 0.25) is 0 Å². The maximum absolute atomic E-state index is 5.87. The number of nitrogens with zero attached hydrogens (tertiary/aromatic N) is 1. The molecule has 3 heteroatoms. The molecule has 0 N–H and O–H groups in total. The van der Waals surface area contributed by atoms with E-state index in [-0.39, 0.29) is 11.5 Å². The Hall–Kier alpha value is -1.35. The topological polar surface area (TPSA) is 21.6 Å². The summed E-state index contributed by atoms with van der Waals surface area (Å²) >= 11 is 3.64. The zero-order valence-corrected chi connectivity index (χ0v) is 13.6. The van der Waals surface area contributed by atoms with Gasteiger partial charge in [-0.2, -0.15) is 0 Å². The highest BCUT2D eigenvalue weighted by atomic mass is 79.9. The van der Waals surface area contributed by atoms with E-state index in [9.17, 15) is 0 Å². The van der Waals surface area contributed by atoms with Crippen molar-refractivity contribution in [3.63, 3.8) is 0 Å². The minimum atomic E-state index is 0.129. The van der Waals surface area contributed by atoms with E-state index in [4.69, 9.17) is 9.73 Å². The highest BCUT2D eigenvalue weighted by molar-refractivity contribution is 9.10. The van der Waals surface area contributed by atoms with Gasteiger partial charge in [0, 0.05) is 15.4 Å². The van der Waals surface area contributed by atoms with Crippen LogP contribution >= 0.6 is 15.9 Å². The van der Waals surface area contributed by atoms with Gasteiger partial charge in [-0.25, -0.2) is 4.99 Å². The number of hydrogen-bond donors (Lipinski definition) is 0. The molecule has 20 heavy (non-hydrogen) atoms. The second-order valence-electron chi connectivity index (χ2n) is 6.27. The van der Waals surface area contributed by atoms with Crippen molar-refractivity contribution < 1.29 is 4.74 Å². The Balaban J connectivity index is 2.12. The van der Waals surface area contributed by atoms with Gasteiger partial charge in [0.1, 0.15) is 6.61 Å². The molecule has 1 atom stereocenters. The molecule has 1 aliphatic heterocycles. The highest BCUT2D eigenvalue weighted by Crippen LogP contribution is 2.32. The number of ether oxygens (including phenoxy) is 1. The maximum atomic E-state index is 5.87. The number of hydrogen-bond acceptors (Lipinski definition) is 2. The van der Waals surface area contributed by atoms with Crippen LogP contribution in [0.3, 0.4) is 0 Å². The van der Waals surface area contributed by atoms with Crippen LogP contribution in [0.4, 0.5) is 0 Å². The Kier molecular flexibility index (Phi) is 3.33. The van der Waals surface area contributed by atoms with Gasteiger partial charge in [0.05, 0.1) is 6.04 Å². The average Bonchev–Trinajstić information content (AvgIpc) is 2.88. The van der Waals surface area contributed by atoms with Crippen molar-refractivity contribution in [3.05, 3.63) is 46.4 Å². The number of aliphatic imine (C=N–C) groups is 1. The molecule has 0 unspecified atom stereocenters. The predicted octanol–water partition coefficient (Wildman–Crippen LogP) is 4.79. The van der Waals surface area contributed by atoms with Gasteiger partial charge < -0.3 is 4.74 Å². The largest absolute Gasteiger partial charge is 0.475 e. The van der Waals surface area contributed by atoms with Crippen LogP contribution in [0, 0.1) is 5.41 Å². The average molecular weight is 332 g/mol. The first kappa shape index (κ1) is 13.6. The lowest BCUT2D eigenvalue weighted by molar-refractivity contribution is 0.236. The zero-order valence-electron chi connectivity index (χ0n) is 12.0. The first-order valence-corrected chi connectivity index (χ1v) is 7.64. The van der Waals surface area contributed by atoms with E-state index in [1.807, 2.05) is 6.07 Å². The van der Waals surface area contributed by atoms with Crippen molar-refractivity contribution in [3.8, 4) is 0 Å². The summed E-state index contributed by atoms with van der Waals surface area (Å²) in [6.45, 7) is 7.27. The van der Waals surface area contributed by atoms with E-state index < -0.39 is 0 Å². The standard InChI is InChI=1S/C17H18BrNO/c1-17(2,3)14-10-20-16(19-14)12-8-4-6-11-7-5-9-13(18)15(11)12/h4-9,14H,10H2,1-3H3/t14-/m1/s1. The van der Waals surface area contributed by atoms with Gasteiger partial charge in [-0.3, -0.25) is 0 Å². The van der Waals surface area contributed by atoms with E-state index in [1.165, 1.54) is 10.8 Å². The van der Waals surface area contributed by atoms with Crippen LogP contribution in [0.15, 0.2) is 45.9 Å². The van der Waals surface area contributed by atoms with Gasteiger partial charge >= 0.3 is 0 Å². The Labute approximate surface area is 128 Å².